The Morgan fingerprint density at radius 1 is 1.22 bits per heavy atom. The van der Waals surface area contributed by atoms with Crippen LogP contribution >= 0.6 is 0 Å². The number of nitrogens with one attached hydrogen (secondary N) is 1. The van der Waals surface area contributed by atoms with Gasteiger partial charge in [0.1, 0.15) is 11.3 Å². The topological polar surface area (TPSA) is 94.4 Å². The minimum absolute atomic E-state index is 0.225. The van der Waals surface area contributed by atoms with E-state index < -0.39 is 0 Å². The van der Waals surface area contributed by atoms with E-state index in [9.17, 15) is 9.59 Å². The maximum Gasteiger partial charge on any atom is 0.350 e. The molecule has 0 radical (unpaired) electrons. The van der Waals surface area contributed by atoms with E-state index in [0.717, 1.165) is 16.5 Å². The third kappa shape index (κ3) is 2.79. The summed E-state index contributed by atoms with van der Waals surface area (Å²) in [7, 11) is 0. The van der Waals surface area contributed by atoms with Crippen LogP contribution in [0, 0.1) is 20.8 Å². The van der Waals surface area contributed by atoms with Crippen LogP contribution in [0.5, 0.6) is 0 Å². The fraction of sp³-hybridized carbons (Fsp3) is 0.263. The number of hydrogen-bond donors (Lipinski definition) is 1. The molecule has 0 unspecified atom stereocenters. The van der Waals surface area contributed by atoms with E-state index in [1.54, 1.807) is 18.2 Å². The molecule has 0 aliphatic rings. The lowest BCUT2D eigenvalue weighted by molar-refractivity contribution is 0.0949. The highest BCUT2D eigenvalue weighted by Gasteiger charge is 2.17. The standard InChI is InChI=1S/C19H19N5O3/c1-11-10-14-6-4-5-7-15(14)24-17(11)21-23(19(24)26)9-8-20-18(25)16-12(2)22-27-13(16)3/h4-7,10H,8-9H2,1-3H3,(H,20,25). The summed E-state index contributed by atoms with van der Waals surface area (Å²) in [6, 6.07) is 9.71. The van der Waals surface area contributed by atoms with E-state index in [1.807, 2.05) is 37.3 Å². The zero-order valence-electron chi connectivity index (χ0n) is 15.3. The lowest BCUT2D eigenvalue weighted by Gasteiger charge is -2.04. The molecule has 0 bridgehead atoms. The lowest BCUT2D eigenvalue weighted by atomic mass is 10.1. The van der Waals surface area contributed by atoms with Gasteiger partial charge in [0, 0.05) is 6.54 Å². The van der Waals surface area contributed by atoms with Crippen LogP contribution in [0.1, 0.15) is 27.4 Å². The predicted molar refractivity (Wildman–Crippen MR) is 100 cm³/mol. The summed E-state index contributed by atoms with van der Waals surface area (Å²) in [4.78, 5) is 25.1. The number of carbonyl (C=O) groups is 1. The zero-order valence-corrected chi connectivity index (χ0v) is 15.3. The number of fused-ring (bicyclic) bond motifs is 3. The van der Waals surface area contributed by atoms with Crippen LogP contribution in [0.4, 0.5) is 0 Å². The summed E-state index contributed by atoms with van der Waals surface area (Å²) in [5, 5.41) is 12.0. The number of amides is 1. The van der Waals surface area contributed by atoms with Gasteiger partial charge in [0.15, 0.2) is 5.65 Å². The summed E-state index contributed by atoms with van der Waals surface area (Å²) in [6.07, 6.45) is 0. The highest BCUT2D eigenvalue weighted by atomic mass is 16.5. The van der Waals surface area contributed by atoms with Gasteiger partial charge in [-0.1, -0.05) is 23.4 Å². The van der Waals surface area contributed by atoms with E-state index in [1.165, 1.54) is 4.68 Å². The van der Waals surface area contributed by atoms with Crippen molar-refractivity contribution in [1.82, 2.24) is 24.7 Å². The van der Waals surface area contributed by atoms with Gasteiger partial charge in [0.05, 0.1) is 17.8 Å². The van der Waals surface area contributed by atoms with Crippen LogP contribution in [0.15, 0.2) is 39.6 Å². The van der Waals surface area contributed by atoms with Crippen LogP contribution < -0.4 is 11.0 Å². The Bertz CT molecular complexity index is 1210. The number of rotatable bonds is 4. The van der Waals surface area contributed by atoms with Crippen molar-refractivity contribution in [3.8, 4) is 0 Å². The molecule has 0 spiro atoms. The number of aryl methyl sites for hydroxylation is 3. The molecule has 8 nitrogen and oxygen atoms in total. The van der Waals surface area contributed by atoms with Gasteiger partial charge in [-0.2, -0.15) is 0 Å². The first-order valence-electron chi connectivity index (χ1n) is 8.66. The van der Waals surface area contributed by atoms with Crippen molar-refractivity contribution < 1.29 is 9.32 Å². The molecular formula is C19H19N5O3. The predicted octanol–water partition coefficient (Wildman–Crippen LogP) is 1.99. The molecule has 0 saturated heterocycles. The summed E-state index contributed by atoms with van der Waals surface area (Å²) in [5.74, 6) is 0.196. The quantitative estimate of drug-likeness (QED) is 0.597. The lowest BCUT2D eigenvalue weighted by Crippen LogP contribution is -2.31. The molecule has 3 heterocycles. The van der Waals surface area contributed by atoms with Crippen molar-refractivity contribution in [1.29, 1.82) is 0 Å². The van der Waals surface area contributed by atoms with Crippen LogP contribution in [0.25, 0.3) is 16.6 Å². The highest BCUT2D eigenvalue weighted by molar-refractivity contribution is 5.96. The molecule has 27 heavy (non-hydrogen) atoms. The fourth-order valence-corrected chi connectivity index (χ4v) is 3.31. The molecule has 0 aliphatic heterocycles. The molecule has 0 saturated carbocycles. The molecule has 138 valence electrons. The molecule has 1 aromatic carbocycles. The Labute approximate surface area is 154 Å². The number of pyridine rings is 1. The zero-order chi connectivity index (χ0) is 19.1. The number of carbonyl (C=O) groups excluding carboxylic acids is 1. The monoisotopic (exact) mass is 365 g/mol. The number of aromatic nitrogens is 4. The van der Waals surface area contributed by atoms with Crippen LogP contribution in [-0.2, 0) is 6.54 Å². The molecular weight excluding hydrogens is 346 g/mol. The van der Waals surface area contributed by atoms with E-state index in [0.29, 0.717) is 22.7 Å². The van der Waals surface area contributed by atoms with Gasteiger partial charge in [-0.3, -0.25) is 4.79 Å². The second kappa shape index (κ2) is 6.39. The van der Waals surface area contributed by atoms with Crippen molar-refractivity contribution in [3.05, 3.63) is 63.4 Å². The van der Waals surface area contributed by atoms with Crippen molar-refractivity contribution in [2.45, 2.75) is 27.3 Å². The average Bonchev–Trinajstić information content (AvgIpc) is 3.15. The second-order valence-electron chi connectivity index (χ2n) is 6.51. The Balaban J connectivity index is 1.61. The summed E-state index contributed by atoms with van der Waals surface area (Å²) >= 11 is 0. The molecule has 4 aromatic rings. The Kier molecular flexibility index (Phi) is 4.02. The van der Waals surface area contributed by atoms with E-state index in [-0.39, 0.29) is 24.7 Å². The van der Waals surface area contributed by atoms with Crippen molar-refractivity contribution in [3.63, 3.8) is 0 Å². The van der Waals surface area contributed by atoms with Gasteiger partial charge in [-0.15, -0.1) is 5.10 Å². The fourth-order valence-electron chi connectivity index (χ4n) is 3.31. The Hall–Kier alpha value is -3.42. The molecule has 8 heteroatoms. The largest absolute Gasteiger partial charge is 0.361 e. The van der Waals surface area contributed by atoms with Gasteiger partial charge in [0.2, 0.25) is 0 Å². The third-order valence-corrected chi connectivity index (χ3v) is 4.61. The van der Waals surface area contributed by atoms with Gasteiger partial charge in [-0.25, -0.2) is 13.9 Å². The Morgan fingerprint density at radius 3 is 2.74 bits per heavy atom. The smallest absolute Gasteiger partial charge is 0.350 e. The number of benzene rings is 1. The van der Waals surface area contributed by atoms with E-state index in [4.69, 9.17) is 4.52 Å². The van der Waals surface area contributed by atoms with E-state index >= 15 is 0 Å². The number of para-hydroxylation sites is 1. The second-order valence-corrected chi connectivity index (χ2v) is 6.51. The molecule has 0 aliphatic carbocycles. The van der Waals surface area contributed by atoms with Crippen LogP contribution in [0.2, 0.25) is 0 Å². The first-order valence-corrected chi connectivity index (χ1v) is 8.66. The van der Waals surface area contributed by atoms with E-state index in [2.05, 4.69) is 15.6 Å². The maximum absolute atomic E-state index is 12.8. The minimum atomic E-state index is -0.273. The molecule has 1 N–H and O–H groups in total. The summed E-state index contributed by atoms with van der Waals surface area (Å²) in [6.45, 7) is 5.87. The van der Waals surface area contributed by atoms with Gasteiger partial charge in [0.25, 0.3) is 5.91 Å². The third-order valence-electron chi connectivity index (χ3n) is 4.61. The molecule has 0 atom stereocenters. The van der Waals surface area contributed by atoms with Crippen LogP contribution in [0.3, 0.4) is 0 Å². The Morgan fingerprint density at radius 2 is 2.00 bits per heavy atom. The molecule has 1 amide bonds. The molecule has 4 rings (SSSR count). The summed E-state index contributed by atoms with van der Waals surface area (Å²) < 4.78 is 8.00. The maximum atomic E-state index is 12.8. The van der Waals surface area contributed by atoms with Crippen molar-refractivity contribution >= 4 is 22.5 Å². The summed E-state index contributed by atoms with van der Waals surface area (Å²) in [5.41, 5.74) is 3.10. The number of nitrogens with zero attached hydrogens (tertiary/aromatic N) is 4. The normalized spacial score (nSPS) is 11.4. The average molecular weight is 365 g/mol. The van der Waals surface area contributed by atoms with Gasteiger partial charge < -0.3 is 9.84 Å². The van der Waals surface area contributed by atoms with Crippen LogP contribution in [-0.4, -0.2) is 31.8 Å². The minimum Gasteiger partial charge on any atom is -0.361 e. The first-order chi connectivity index (χ1) is 13.0. The van der Waals surface area contributed by atoms with Gasteiger partial charge >= 0.3 is 5.69 Å². The SMILES string of the molecule is Cc1noc(C)c1C(=O)NCCn1nc2c(C)cc3ccccc3n2c1=O. The van der Waals surface area contributed by atoms with Crippen molar-refractivity contribution in [2.75, 3.05) is 6.54 Å². The highest BCUT2D eigenvalue weighted by Crippen LogP contribution is 2.18. The van der Waals surface area contributed by atoms with Crippen molar-refractivity contribution in [2.24, 2.45) is 0 Å². The molecule has 0 fully saturated rings. The molecule has 3 aromatic heterocycles. The number of hydrogen-bond acceptors (Lipinski definition) is 5. The first kappa shape index (κ1) is 17.0. The van der Waals surface area contributed by atoms with Gasteiger partial charge in [-0.05, 0) is 43.9 Å².